The molecule has 122 valence electrons. The number of hydrogen-bond donors (Lipinski definition) is 1. The van der Waals surface area contributed by atoms with Crippen LogP contribution in [0.3, 0.4) is 0 Å². The Bertz CT molecular complexity index is 506. The van der Waals surface area contributed by atoms with Crippen molar-refractivity contribution in [2.75, 3.05) is 0 Å². The second kappa shape index (κ2) is 8.57. The third-order valence-corrected chi connectivity index (χ3v) is 3.63. The Kier molecular flexibility index (Phi) is 7.09. The largest absolute Gasteiger partial charge is 0.478 e. The van der Waals surface area contributed by atoms with Crippen LogP contribution in [0.5, 0.6) is 0 Å². The Labute approximate surface area is 132 Å². The number of unbranched alkanes of at least 4 members (excludes halogenated alkanes) is 4. The van der Waals surface area contributed by atoms with Gasteiger partial charge in [0.05, 0.1) is 11.1 Å². The van der Waals surface area contributed by atoms with Gasteiger partial charge < -0.3 is 9.84 Å². The lowest BCUT2D eigenvalue weighted by molar-refractivity contribution is -0.00579. The van der Waals surface area contributed by atoms with E-state index in [-0.39, 0.29) is 11.1 Å². The summed E-state index contributed by atoms with van der Waals surface area (Å²) in [4.78, 5) is 23.4. The molecule has 0 spiro atoms. The average molecular weight is 306 g/mol. The second-order valence-electron chi connectivity index (χ2n) is 6.16. The lowest BCUT2D eigenvalue weighted by Crippen LogP contribution is -2.28. The van der Waals surface area contributed by atoms with Gasteiger partial charge in [-0.05, 0) is 38.8 Å². The first kappa shape index (κ1) is 18.2. The molecule has 4 heteroatoms. The fraction of sp³-hybridized carbons (Fsp3) is 0.556. The molecule has 0 aliphatic carbocycles. The molecular weight excluding hydrogens is 280 g/mol. The molecule has 0 heterocycles. The molecule has 4 nitrogen and oxygen atoms in total. The third kappa shape index (κ3) is 5.88. The van der Waals surface area contributed by atoms with E-state index >= 15 is 0 Å². The zero-order valence-electron chi connectivity index (χ0n) is 13.7. The van der Waals surface area contributed by atoms with Crippen molar-refractivity contribution < 1.29 is 19.4 Å². The van der Waals surface area contributed by atoms with Gasteiger partial charge >= 0.3 is 11.9 Å². The van der Waals surface area contributed by atoms with Gasteiger partial charge in [-0.2, -0.15) is 0 Å². The summed E-state index contributed by atoms with van der Waals surface area (Å²) in [5.41, 5.74) is -0.505. The van der Waals surface area contributed by atoms with Gasteiger partial charge in [0.2, 0.25) is 0 Å². The first-order chi connectivity index (χ1) is 10.4. The molecule has 1 aromatic rings. The normalized spacial score (nSPS) is 11.2. The minimum absolute atomic E-state index is 0.0220. The molecular formula is C18H26O4. The Morgan fingerprint density at radius 1 is 1.05 bits per heavy atom. The van der Waals surface area contributed by atoms with Crippen LogP contribution >= 0.6 is 0 Å². The minimum atomic E-state index is -1.12. The molecule has 0 atom stereocenters. The third-order valence-electron chi connectivity index (χ3n) is 3.63. The van der Waals surface area contributed by atoms with E-state index in [9.17, 15) is 9.59 Å². The van der Waals surface area contributed by atoms with Crippen LogP contribution in [0.4, 0.5) is 0 Å². The zero-order chi connectivity index (χ0) is 16.6. The summed E-state index contributed by atoms with van der Waals surface area (Å²) in [5, 5.41) is 9.13. The first-order valence-corrected chi connectivity index (χ1v) is 7.93. The van der Waals surface area contributed by atoms with E-state index in [0.717, 1.165) is 19.3 Å². The predicted octanol–water partition coefficient (Wildman–Crippen LogP) is 4.68. The van der Waals surface area contributed by atoms with Gasteiger partial charge in [0, 0.05) is 0 Å². The van der Waals surface area contributed by atoms with E-state index < -0.39 is 17.5 Å². The number of rotatable bonds is 9. The minimum Gasteiger partial charge on any atom is -0.478 e. The van der Waals surface area contributed by atoms with Crippen molar-refractivity contribution in [3.8, 4) is 0 Å². The zero-order valence-corrected chi connectivity index (χ0v) is 13.7. The first-order valence-electron chi connectivity index (χ1n) is 7.93. The van der Waals surface area contributed by atoms with E-state index in [1.165, 1.54) is 31.4 Å². The van der Waals surface area contributed by atoms with Crippen molar-refractivity contribution >= 4 is 11.9 Å². The number of carbonyl (C=O) groups is 2. The van der Waals surface area contributed by atoms with Crippen LogP contribution in [-0.2, 0) is 4.74 Å². The molecule has 0 aromatic heterocycles. The highest BCUT2D eigenvalue weighted by Crippen LogP contribution is 2.22. The van der Waals surface area contributed by atoms with Gasteiger partial charge in [-0.25, -0.2) is 9.59 Å². The van der Waals surface area contributed by atoms with E-state index in [4.69, 9.17) is 9.84 Å². The molecule has 1 aromatic carbocycles. The maximum absolute atomic E-state index is 12.2. The predicted molar refractivity (Wildman–Crippen MR) is 86.3 cm³/mol. The van der Waals surface area contributed by atoms with E-state index in [1.54, 1.807) is 12.1 Å². The molecule has 0 saturated carbocycles. The molecule has 0 unspecified atom stereocenters. The highest BCUT2D eigenvalue weighted by molar-refractivity contribution is 6.02. The molecule has 1 N–H and O–H groups in total. The van der Waals surface area contributed by atoms with Crippen molar-refractivity contribution in [2.24, 2.45) is 0 Å². The van der Waals surface area contributed by atoms with Gasteiger partial charge in [0.25, 0.3) is 0 Å². The Hall–Kier alpha value is -1.84. The van der Waals surface area contributed by atoms with Crippen LogP contribution in [0.1, 0.15) is 80.0 Å². The number of esters is 1. The van der Waals surface area contributed by atoms with E-state index in [2.05, 4.69) is 6.92 Å². The van der Waals surface area contributed by atoms with Gasteiger partial charge in [0.15, 0.2) is 0 Å². The number of hydrogen-bond acceptors (Lipinski definition) is 3. The van der Waals surface area contributed by atoms with Gasteiger partial charge in [-0.15, -0.1) is 0 Å². The number of carboxylic acids is 1. The maximum atomic E-state index is 12.2. The smallest absolute Gasteiger partial charge is 0.339 e. The number of carboxylic acid groups (broad SMARTS) is 1. The topological polar surface area (TPSA) is 63.6 Å². The number of carbonyl (C=O) groups excluding carboxylic acids is 1. The molecule has 0 fully saturated rings. The highest BCUT2D eigenvalue weighted by atomic mass is 16.6. The Morgan fingerprint density at radius 2 is 1.64 bits per heavy atom. The van der Waals surface area contributed by atoms with Crippen molar-refractivity contribution in [1.29, 1.82) is 0 Å². The molecule has 0 amide bonds. The lowest BCUT2D eigenvalue weighted by atomic mass is 9.99. The Balaban J connectivity index is 2.61. The van der Waals surface area contributed by atoms with Crippen molar-refractivity contribution in [3.63, 3.8) is 0 Å². The van der Waals surface area contributed by atoms with E-state index in [0.29, 0.717) is 0 Å². The molecule has 0 bridgehead atoms. The van der Waals surface area contributed by atoms with Crippen LogP contribution in [0.15, 0.2) is 24.3 Å². The average Bonchev–Trinajstić information content (AvgIpc) is 2.46. The van der Waals surface area contributed by atoms with Crippen LogP contribution < -0.4 is 0 Å². The van der Waals surface area contributed by atoms with Crippen molar-refractivity contribution in [2.45, 2.75) is 64.9 Å². The fourth-order valence-corrected chi connectivity index (χ4v) is 2.36. The number of benzene rings is 1. The molecule has 0 aliphatic heterocycles. The Morgan fingerprint density at radius 3 is 2.23 bits per heavy atom. The summed E-state index contributed by atoms with van der Waals surface area (Å²) >= 11 is 0. The van der Waals surface area contributed by atoms with Crippen LogP contribution in [0.25, 0.3) is 0 Å². The van der Waals surface area contributed by atoms with Crippen LogP contribution in [0.2, 0.25) is 0 Å². The van der Waals surface area contributed by atoms with Gasteiger partial charge in [-0.1, -0.05) is 44.7 Å². The quantitative estimate of drug-likeness (QED) is 0.531. The molecule has 0 saturated heterocycles. The summed E-state index contributed by atoms with van der Waals surface area (Å²) in [7, 11) is 0. The maximum Gasteiger partial charge on any atom is 0.339 e. The molecule has 0 radical (unpaired) electrons. The summed E-state index contributed by atoms with van der Waals surface area (Å²) in [6, 6.07) is 6.14. The van der Waals surface area contributed by atoms with Crippen molar-refractivity contribution in [3.05, 3.63) is 35.4 Å². The van der Waals surface area contributed by atoms with E-state index in [1.807, 2.05) is 13.8 Å². The molecule has 0 aliphatic rings. The standard InChI is InChI=1S/C18H26O4/c1-4-5-6-7-10-13-18(2,3)22-17(21)15-12-9-8-11-14(15)16(19)20/h8-9,11-12H,4-7,10,13H2,1-3H3,(H,19,20). The summed E-state index contributed by atoms with van der Waals surface area (Å²) in [6.45, 7) is 5.91. The lowest BCUT2D eigenvalue weighted by Gasteiger charge is -2.25. The molecule has 1 rings (SSSR count). The van der Waals surface area contributed by atoms with Gasteiger partial charge in [-0.3, -0.25) is 0 Å². The number of aromatic carboxylic acids is 1. The fourth-order valence-electron chi connectivity index (χ4n) is 2.36. The number of ether oxygens (including phenoxy) is 1. The molecule has 22 heavy (non-hydrogen) atoms. The SMILES string of the molecule is CCCCCCCC(C)(C)OC(=O)c1ccccc1C(=O)O. The monoisotopic (exact) mass is 306 g/mol. The highest BCUT2D eigenvalue weighted by Gasteiger charge is 2.25. The summed E-state index contributed by atoms with van der Waals surface area (Å²) in [5.74, 6) is -1.69. The van der Waals surface area contributed by atoms with Crippen LogP contribution in [0, 0.1) is 0 Å². The van der Waals surface area contributed by atoms with Crippen molar-refractivity contribution in [1.82, 2.24) is 0 Å². The van der Waals surface area contributed by atoms with Crippen LogP contribution in [-0.4, -0.2) is 22.6 Å². The summed E-state index contributed by atoms with van der Waals surface area (Å²) < 4.78 is 5.52. The summed E-state index contributed by atoms with van der Waals surface area (Å²) in [6.07, 6.45) is 6.53. The van der Waals surface area contributed by atoms with Gasteiger partial charge in [0.1, 0.15) is 5.60 Å². The second-order valence-corrected chi connectivity index (χ2v) is 6.16.